The van der Waals surface area contributed by atoms with Crippen LogP contribution >= 0.6 is 0 Å². The first-order valence-corrected chi connectivity index (χ1v) is 9.67. The molecular weight excluding hydrogens is 302 g/mol. The van der Waals surface area contributed by atoms with Crippen molar-refractivity contribution in [2.45, 2.75) is 32.1 Å². The third-order valence-corrected chi connectivity index (χ3v) is 4.53. The van der Waals surface area contributed by atoms with Crippen LogP contribution in [-0.4, -0.2) is 44.4 Å². The number of carbonyl (C=O) groups is 1. The van der Waals surface area contributed by atoms with E-state index >= 15 is 0 Å². The summed E-state index contributed by atoms with van der Waals surface area (Å²) in [6.45, 7) is 1.14. The van der Waals surface area contributed by atoms with Gasteiger partial charge in [0, 0.05) is 31.5 Å². The lowest BCUT2D eigenvalue weighted by Gasteiger charge is -2.17. The van der Waals surface area contributed by atoms with Crippen molar-refractivity contribution in [2.75, 3.05) is 30.4 Å². The largest absolute Gasteiger partial charge is 0.370 e. The van der Waals surface area contributed by atoms with Gasteiger partial charge in [-0.1, -0.05) is 6.07 Å². The van der Waals surface area contributed by atoms with Gasteiger partial charge in [0.1, 0.15) is 15.7 Å². The van der Waals surface area contributed by atoms with E-state index in [0.29, 0.717) is 12.8 Å². The normalized spacial score (nSPS) is 14.0. The molecule has 122 valence electrons. The minimum absolute atomic E-state index is 0.0171. The van der Waals surface area contributed by atoms with E-state index in [-0.39, 0.29) is 18.2 Å². The fourth-order valence-electron chi connectivity index (χ4n) is 2.40. The number of pyridine rings is 1. The summed E-state index contributed by atoms with van der Waals surface area (Å²) in [6.07, 6.45) is 5.20. The number of nitrogens with zero attached hydrogens (tertiary/aromatic N) is 1. The summed E-state index contributed by atoms with van der Waals surface area (Å²) in [5.41, 5.74) is 2.24. The molecule has 1 aromatic heterocycles. The summed E-state index contributed by atoms with van der Waals surface area (Å²) in [7, 11) is -3.02. The molecule has 0 fully saturated rings. The van der Waals surface area contributed by atoms with E-state index in [0.717, 1.165) is 43.6 Å². The predicted molar refractivity (Wildman–Crippen MR) is 86.7 cm³/mol. The second kappa shape index (κ2) is 7.58. The molecule has 6 nitrogen and oxygen atoms in total. The molecule has 2 rings (SSSR count). The van der Waals surface area contributed by atoms with E-state index in [4.69, 9.17) is 0 Å². The first-order valence-electron chi connectivity index (χ1n) is 7.61. The maximum absolute atomic E-state index is 11.6. The minimum atomic E-state index is -3.02. The lowest BCUT2D eigenvalue weighted by atomic mass is 10.1. The summed E-state index contributed by atoms with van der Waals surface area (Å²) >= 11 is 0. The van der Waals surface area contributed by atoms with Crippen molar-refractivity contribution in [2.24, 2.45) is 0 Å². The van der Waals surface area contributed by atoms with Gasteiger partial charge in [-0.25, -0.2) is 13.4 Å². The summed E-state index contributed by atoms with van der Waals surface area (Å²) in [6, 6.07) is 4.13. The Morgan fingerprint density at radius 1 is 1.41 bits per heavy atom. The average Bonchev–Trinajstić information content (AvgIpc) is 2.46. The second-order valence-electron chi connectivity index (χ2n) is 5.67. The third kappa shape index (κ3) is 5.63. The Morgan fingerprint density at radius 2 is 2.23 bits per heavy atom. The molecule has 0 saturated carbocycles. The molecule has 0 spiro atoms. The van der Waals surface area contributed by atoms with Crippen LogP contribution in [-0.2, 0) is 27.5 Å². The maximum atomic E-state index is 11.6. The van der Waals surface area contributed by atoms with E-state index in [1.165, 1.54) is 5.56 Å². The first-order chi connectivity index (χ1) is 10.4. The van der Waals surface area contributed by atoms with Gasteiger partial charge in [0.05, 0.1) is 5.75 Å². The zero-order chi connectivity index (χ0) is 16.0. The van der Waals surface area contributed by atoms with E-state index in [1.807, 2.05) is 6.07 Å². The number of amides is 1. The Bertz CT molecular complexity index is 629. The molecule has 2 N–H and O–H groups in total. The van der Waals surface area contributed by atoms with E-state index < -0.39 is 9.84 Å². The maximum Gasteiger partial charge on any atom is 0.220 e. The van der Waals surface area contributed by atoms with Crippen molar-refractivity contribution in [3.8, 4) is 0 Å². The van der Waals surface area contributed by atoms with Crippen LogP contribution in [0.15, 0.2) is 12.1 Å². The molecule has 1 amide bonds. The molecule has 0 radical (unpaired) electrons. The van der Waals surface area contributed by atoms with Crippen molar-refractivity contribution >= 4 is 21.6 Å². The topological polar surface area (TPSA) is 88.2 Å². The second-order valence-corrected chi connectivity index (χ2v) is 7.93. The number of aryl methyl sites for hydroxylation is 2. The van der Waals surface area contributed by atoms with Crippen molar-refractivity contribution in [3.63, 3.8) is 0 Å². The van der Waals surface area contributed by atoms with Crippen molar-refractivity contribution in [1.29, 1.82) is 0 Å². The Kier molecular flexibility index (Phi) is 5.76. The standard InChI is InChI=1S/C15H23N3O3S/c1-22(20,21)11-10-16-14(19)6-2-5-13-8-7-12-4-3-9-17-15(12)18-13/h7-8H,2-6,9-11H2,1H3,(H,16,19)(H,17,18). The van der Waals surface area contributed by atoms with Crippen LogP contribution in [0.2, 0.25) is 0 Å². The number of nitrogens with one attached hydrogen (secondary N) is 2. The molecule has 0 unspecified atom stereocenters. The summed E-state index contributed by atoms with van der Waals surface area (Å²) in [5.74, 6) is 0.845. The van der Waals surface area contributed by atoms with Gasteiger partial charge in [0.15, 0.2) is 0 Å². The number of hydrogen-bond donors (Lipinski definition) is 2. The number of sulfone groups is 1. The van der Waals surface area contributed by atoms with E-state index in [2.05, 4.69) is 21.7 Å². The van der Waals surface area contributed by atoms with Crippen LogP contribution in [0.3, 0.4) is 0 Å². The molecule has 0 bridgehead atoms. The smallest absolute Gasteiger partial charge is 0.220 e. The van der Waals surface area contributed by atoms with Crippen molar-refractivity contribution < 1.29 is 13.2 Å². The number of fused-ring (bicyclic) bond motifs is 1. The molecule has 2 heterocycles. The zero-order valence-corrected chi connectivity index (χ0v) is 13.7. The molecule has 0 aromatic carbocycles. The monoisotopic (exact) mass is 325 g/mol. The highest BCUT2D eigenvalue weighted by atomic mass is 32.2. The fraction of sp³-hybridized carbons (Fsp3) is 0.600. The Morgan fingerprint density at radius 3 is 3.00 bits per heavy atom. The molecule has 0 saturated heterocycles. The minimum Gasteiger partial charge on any atom is -0.370 e. The first kappa shape index (κ1) is 16.7. The van der Waals surface area contributed by atoms with Crippen LogP contribution in [0, 0.1) is 0 Å². The highest BCUT2D eigenvalue weighted by Gasteiger charge is 2.10. The van der Waals surface area contributed by atoms with Gasteiger partial charge >= 0.3 is 0 Å². The van der Waals surface area contributed by atoms with Crippen LogP contribution in [0.1, 0.15) is 30.5 Å². The molecule has 7 heteroatoms. The lowest BCUT2D eigenvalue weighted by Crippen LogP contribution is -2.28. The van der Waals surface area contributed by atoms with Crippen molar-refractivity contribution in [1.82, 2.24) is 10.3 Å². The molecule has 0 atom stereocenters. The molecular formula is C15H23N3O3S. The Balaban J connectivity index is 1.71. The van der Waals surface area contributed by atoms with Gasteiger partial charge in [-0.05, 0) is 37.3 Å². The predicted octanol–water partition coefficient (Wildman–Crippen LogP) is 0.923. The molecule has 1 aromatic rings. The molecule has 1 aliphatic rings. The Labute approximate surface area is 131 Å². The number of rotatable bonds is 7. The molecule has 0 aliphatic carbocycles. The molecule has 22 heavy (non-hydrogen) atoms. The number of aromatic nitrogens is 1. The number of anilines is 1. The average molecular weight is 325 g/mol. The summed E-state index contributed by atoms with van der Waals surface area (Å²) < 4.78 is 21.9. The number of hydrogen-bond acceptors (Lipinski definition) is 5. The van der Waals surface area contributed by atoms with Gasteiger partial charge in [-0.15, -0.1) is 0 Å². The number of carbonyl (C=O) groups excluding carboxylic acids is 1. The van der Waals surface area contributed by atoms with Gasteiger partial charge in [0.2, 0.25) is 5.91 Å². The lowest BCUT2D eigenvalue weighted by molar-refractivity contribution is -0.121. The van der Waals surface area contributed by atoms with Gasteiger partial charge in [-0.2, -0.15) is 0 Å². The Hall–Kier alpha value is -1.63. The summed E-state index contributed by atoms with van der Waals surface area (Å²) in [5, 5.41) is 5.92. The third-order valence-electron chi connectivity index (χ3n) is 3.58. The van der Waals surface area contributed by atoms with E-state index in [1.54, 1.807) is 0 Å². The highest BCUT2D eigenvalue weighted by molar-refractivity contribution is 7.90. The molecule has 1 aliphatic heterocycles. The van der Waals surface area contributed by atoms with Crippen LogP contribution in [0.4, 0.5) is 5.82 Å². The van der Waals surface area contributed by atoms with Crippen LogP contribution in [0.25, 0.3) is 0 Å². The van der Waals surface area contributed by atoms with Gasteiger partial charge in [-0.3, -0.25) is 4.79 Å². The summed E-state index contributed by atoms with van der Waals surface area (Å²) in [4.78, 5) is 16.2. The highest BCUT2D eigenvalue weighted by Crippen LogP contribution is 2.20. The SMILES string of the molecule is CS(=O)(=O)CCNC(=O)CCCc1ccc2c(n1)NCCC2. The zero-order valence-electron chi connectivity index (χ0n) is 12.9. The van der Waals surface area contributed by atoms with Gasteiger partial charge in [0.25, 0.3) is 0 Å². The van der Waals surface area contributed by atoms with Crippen LogP contribution in [0.5, 0.6) is 0 Å². The van der Waals surface area contributed by atoms with Crippen LogP contribution < -0.4 is 10.6 Å². The van der Waals surface area contributed by atoms with E-state index in [9.17, 15) is 13.2 Å². The van der Waals surface area contributed by atoms with Gasteiger partial charge < -0.3 is 10.6 Å². The fourth-order valence-corrected chi connectivity index (χ4v) is 2.88. The quantitative estimate of drug-likeness (QED) is 0.778. The van der Waals surface area contributed by atoms with Crippen molar-refractivity contribution in [3.05, 3.63) is 23.4 Å².